The maximum absolute atomic E-state index is 12.2. The number of carbonyl (C=O) groups is 1. The summed E-state index contributed by atoms with van der Waals surface area (Å²) < 4.78 is 0. The largest absolute Gasteiger partial charge is 0.399 e. The van der Waals surface area contributed by atoms with Gasteiger partial charge < -0.3 is 11.1 Å². The highest BCUT2D eigenvalue weighted by atomic mass is 16.1. The number of fused-ring (bicyclic) bond motifs is 1. The van der Waals surface area contributed by atoms with Crippen LogP contribution in [0.3, 0.4) is 0 Å². The summed E-state index contributed by atoms with van der Waals surface area (Å²) in [6.07, 6.45) is 3.48. The van der Waals surface area contributed by atoms with Gasteiger partial charge in [0, 0.05) is 40.1 Å². The molecule has 0 radical (unpaired) electrons. The molecule has 3 N–H and O–H groups in total. The molecule has 0 saturated carbocycles. The highest BCUT2D eigenvalue weighted by Gasteiger charge is 2.07. The summed E-state index contributed by atoms with van der Waals surface area (Å²) in [4.78, 5) is 16.3. The van der Waals surface area contributed by atoms with Crippen LogP contribution < -0.4 is 11.1 Å². The fourth-order valence-corrected chi connectivity index (χ4v) is 2.06. The summed E-state index contributed by atoms with van der Waals surface area (Å²) in [7, 11) is 0. The van der Waals surface area contributed by atoms with Crippen LogP contribution >= 0.6 is 0 Å². The van der Waals surface area contributed by atoms with Crippen molar-refractivity contribution in [2.75, 3.05) is 11.1 Å². The van der Waals surface area contributed by atoms with Crippen molar-refractivity contribution in [3.63, 3.8) is 0 Å². The smallest absolute Gasteiger partial charge is 0.255 e. The zero-order valence-electron chi connectivity index (χ0n) is 10.7. The Morgan fingerprint density at radius 1 is 1.05 bits per heavy atom. The van der Waals surface area contributed by atoms with Gasteiger partial charge in [0.25, 0.3) is 5.91 Å². The molecule has 3 rings (SSSR count). The SMILES string of the molecule is Nc1ccc(C(=O)Nc2cccc3cnccc23)cc1. The van der Waals surface area contributed by atoms with Crippen molar-refractivity contribution in [3.8, 4) is 0 Å². The van der Waals surface area contributed by atoms with Gasteiger partial charge in [0.05, 0.1) is 0 Å². The number of anilines is 2. The Bertz CT molecular complexity index is 761. The Kier molecular flexibility index (Phi) is 3.05. The van der Waals surface area contributed by atoms with E-state index in [9.17, 15) is 4.79 Å². The summed E-state index contributed by atoms with van der Waals surface area (Å²) in [5.74, 6) is -0.158. The number of carbonyl (C=O) groups excluding carboxylic acids is 1. The van der Waals surface area contributed by atoms with Crippen LogP contribution in [0.2, 0.25) is 0 Å². The molecular formula is C16H13N3O. The molecule has 0 fully saturated rings. The van der Waals surface area contributed by atoms with Crippen LogP contribution in [0.25, 0.3) is 10.8 Å². The van der Waals surface area contributed by atoms with Gasteiger partial charge in [-0.2, -0.15) is 0 Å². The van der Waals surface area contributed by atoms with E-state index in [4.69, 9.17) is 5.73 Å². The lowest BCUT2D eigenvalue weighted by atomic mass is 10.1. The number of nitrogen functional groups attached to an aromatic ring is 1. The Hall–Kier alpha value is -2.88. The van der Waals surface area contributed by atoms with E-state index in [2.05, 4.69) is 10.3 Å². The second-order valence-corrected chi connectivity index (χ2v) is 4.48. The number of aromatic nitrogens is 1. The van der Waals surface area contributed by atoms with Crippen LogP contribution in [-0.2, 0) is 0 Å². The van der Waals surface area contributed by atoms with Crippen LogP contribution in [-0.4, -0.2) is 10.9 Å². The predicted octanol–water partition coefficient (Wildman–Crippen LogP) is 3.07. The maximum atomic E-state index is 12.2. The molecule has 4 nitrogen and oxygen atoms in total. The van der Waals surface area contributed by atoms with E-state index >= 15 is 0 Å². The number of amides is 1. The summed E-state index contributed by atoms with van der Waals surface area (Å²) >= 11 is 0. The quantitative estimate of drug-likeness (QED) is 0.698. The van der Waals surface area contributed by atoms with E-state index < -0.39 is 0 Å². The standard InChI is InChI=1S/C16H13N3O/c17-13-6-4-11(5-7-13)16(20)19-15-3-1-2-12-10-18-9-8-14(12)15/h1-10H,17H2,(H,19,20). The monoisotopic (exact) mass is 263 g/mol. The number of pyridine rings is 1. The van der Waals surface area contributed by atoms with Gasteiger partial charge in [-0.3, -0.25) is 9.78 Å². The average molecular weight is 263 g/mol. The number of hydrogen-bond donors (Lipinski definition) is 2. The fraction of sp³-hybridized carbons (Fsp3) is 0. The molecule has 0 atom stereocenters. The third kappa shape index (κ3) is 2.31. The Labute approximate surface area is 116 Å². The first kappa shape index (κ1) is 12.2. The van der Waals surface area contributed by atoms with E-state index in [1.54, 1.807) is 36.7 Å². The van der Waals surface area contributed by atoms with Crippen molar-refractivity contribution in [3.05, 3.63) is 66.5 Å². The Morgan fingerprint density at radius 3 is 2.65 bits per heavy atom. The lowest BCUT2D eigenvalue weighted by Gasteiger charge is -2.08. The van der Waals surface area contributed by atoms with Gasteiger partial charge in [0.2, 0.25) is 0 Å². The molecule has 0 spiro atoms. The van der Waals surface area contributed by atoms with E-state index in [-0.39, 0.29) is 5.91 Å². The highest BCUT2D eigenvalue weighted by Crippen LogP contribution is 2.22. The molecular weight excluding hydrogens is 250 g/mol. The number of nitrogens with two attached hydrogens (primary N) is 1. The molecule has 2 aromatic carbocycles. The molecule has 4 heteroatoms. The molecule has 20 heavy (non-hydrogen) atoms. The second-order valence-electron chi connectivity index (χ2n) is 4.48. The number of hydrogen-bond acceptors (Lipinski definition) is 3. The lowest BCUT2D eigenvalue weighted by Crippen LogP contribution is -2.12. The van der Waals surface area contributed by atoms with Crippen molar-refractivity contribution >= 4 is 28.1 Å². The molecule has 1 amide bonds. The van der Waals surface area contributed by atoms with Gasteiger partial charge in [0.1, 0.15) is 0 Å². The molecule has 1 aromatic heterocycles. The molecule has 98 valence electrons. The highest BCUT2D eigenvalue weighted by molar-refractivity contribution is 6.09. The molecule has 0 saturated heterocycles. The number of nitrogens with zero attached hydrogens (tertiary/aromatic N) is 1. The maximum Gasteiger partial charge on any atom is 0.255 e. The minimum atomic E-state index is -0.158. The van der Waals surface area contributed by atoms with Gasteiger partial charge in [-0.15, -0.1) is 0 Å². The topological polar surface area (TPSA) is 68.0 Å². The van der Waals surface area contributed by atoms with Gasteiger partial charge in [-0.1, -0.05) is 12.1 Å². The van der Waals surface area contributed by atoms with Gasteiger partial charge in [0.15, 0.2) is 0 Å². The molecule has 0 aliphatic rings. The lowest BCUT2D eigenvalue weighted by molar-refractivity contribution is 0.102. The molecule has 0 aliphatic heterocycles. The number of nitrogens with one attached hydrogen (secondary N) is 1. The van der Waals surface area contributed by atoms with Crippen molar-refractivity contribution in [2.24, 2.45) is 0 Å². The van der Waals surface area contributed by atoms with Crippen LogP contribution in [0.15, 0.2) is 60.9 Å². The third-order valence-corrected chi connectivity index (χ3v) is 3.10. The number of rotatable bonds is 2. The second kappa shape index (κ2) is 5.01. The van der Waals surface area contributed by atoms with Crippen molar-refractivity contribution in [1.82, 2.24) is 4.98 Å². The average Bonchev–Trinajstić information content (AvgIpc) is 2.48. The van der Waals surface area contributed by atoms with E-state index in [0.29, 0.717) is 11.3 Å². The van der Waals surface area contributed by atoms with Crippen LogP contribution in [0.5, 0.6) is 0 Å². The van der Waals surface area contributed by atoms with Crippen LogP contribution in [0, 0.1) is 0 Å². The minimum absolute atomic E-state index is 0.158. The van der Waals surface area contributed by atoms with Gasteiger partial charge in [-0.05, 0) is 36.4 Å². The summed E-state index contributed by atoms with van der Waals surface area (Å²) in [6.45, 7) is 0. The van der Waals surface area contributed by atoms with E-state index in [1.165, 1.54) is 0 Å². The third-order valence-electron chi connectivity index (χ3n) is 3.10. The Morgan fingerprint density at radius 2 is 1.85 bits per heavy atom. The fourth-order valence-electron chi connectivity index (χ4n) is 2.06. The zero-order chi connectivity index (χ0) is 13.9. The molecule has 1 heterocycles. The molecule has 0 unspecified atom stereocenters. The first-order valence-corrected chi connectivity index (χ1v) is 6.24. The van der Waals surface area contributed by atoms with Crippen molar-refractivity contribution in [2.45, 2.75) is 0 Å². The zero-order valence-corrected chi connectivity index (χ0v) is 10.7. The van der Waals surface area contributed by atoms with Crippen molar-refractivity contribution < 1.29 is 4.79 Å². The van der Waals surface area contributed by atoms with Crippen LogP contribution in [0.1, 0.15) is 10.4 Å². The Balaban J connectivity index is 1.93. The van der Waals surface area contributed by atoms with E-state index in [1.807, 2.05) is 24.3 Å². The first-order chi connectivity index (χ1) is 9.74. The molecule has 0 bridgehead atoms. The first-order valence-electron chi connectivity index (χ1n) is 6.24. The summed E-state index contributed by atoms with van der Waals surface area (Å²) in [5, 5.41) is 4.87. The minimum Gasteiger partial charge on any atom is -0.399 e. The molecule has 0 aliphatic carbocycles. The summed E-state index contributed by atoms with van der Waals surface area (Å²) in [5.41, 5.74) is 7.60. The normalized spacial score (nSPS) is 10.4. The van der Waals surface area contributed by atoms with Crippen molar-refractivity contribution in [1.29, 1.82) is 0 Å². The van der Waals surface area contributed by atoms with E-state index in [0.717, 1.165) is 16.5 Å². The number of benzene rings is 2. The van der Waals surface area contributed by atoms with Crippen LogP contribution in [0.4, 0.5) is 11.4 Å². The van der Waals surface area contributed by atoms with Gasteiger partial charge >= 0.3 is 0 Å². The molecule has 3 aromatic rings. The summed E-state index contributed by atoms with van der Waals surface area (Å²) in [6, 6.07) is 14.4. The van der Waals surface area contributed by atoms with Gasteiger partial charge in [-0.25, -0.2) is 0 Å². The predicted molar refractivity (Wildman–Crippen MR) is 80.6 cm³/mol.